The molecule has 0 radical (unpaired) electrons. The van der Waals surface area contributed by atoms with Gasteiger partial charge in [-0.05, 0) is 73.3 Å². The highest BCUT2D eigenvalue weighted by molar-refractivity contribution is 9.10. The van der Waals surface area contributed by atoms with Gasteiger partial charge in [0.1, 0.15) is 0 Å². The molecule has 0 fully saturated rings. The highest BCUT2D eigenvalue weighted by atomic mass is 79.9. The normalized spacial score (nSPS) is 13.8. The SMILES string of the molecule is CCCCC(CC)(Cc1c(C)cc(C)c(C)c1Br)c1ccccc1. The predicted molar refractivity (Wildman–Crippen MR) is 110 cm³/mol. The van der Waals surface area contributed by atoms with Crippen LogP contribution in [0.4, 0.5) is 0 Å². The summed E-state index contributed by atoms with van der Waals surface area (Å²) in [6, 6.07) is 13.5. The fourth-order valence-electron chi connectivity index (χ4n) is 3.80. The highest BCUT2D eigenvalue weighted by Gasteiger charge is 2.31. The second kappa shape index (κ2) is 8.34. The van der Waals surface area contributed by atoms with E-state index in [-0.39, 0.29) is 5.41 Å². The van der Waals surface area contributed by atoms with E-state index in [0.29, 0.717) is 0 Å². The van der Waals surface area contributed by atoms with Gasteiger partial charge in [-0.2, -0.15) is 0 Å². The van der Waals surface area contributed by atoms with Gasteiger partial charge < -0.3 is 0 Å². The molecule has 0 saturated heterocycles. The third-order valence-electron chi connectivity index (χ3n) is 5.68. The number of rotatable bonds is 7. The summed E-state index contributed by atoms with van der Waals surface area (Å²) in [6.07, 6.45) is 6.07. The van der Waals surface area contributed by atoms with Gasteiger partial charge in [-0.25, -0.2) is 0 Å². The van der Waals surface area contributed by atoms with E-state index in [1.54, 1.807) is 0 Å². The lowest BCUT2D eigenvalue weighted by molar-refractivity contribution is 0.362. The summed E-state index contributed by atoms with van der Waals surface area (Å²) >= 11 is 3.90. The molecular formula is C23H31Br. The minimum atomic E-state index is 0.228. The average molecular weight is 387 g/mol. The van der Waals surface area contributed by atoms with Crippen molar-refractivity contribution >= 4 is 15.9 Å². The summed E-state index contributed by atoms with van der Waals surface area (Å²) in [4.78, 5) is 0. The number of unbranched alkanes of at least 4 members (excludes halogenated alkanes) is 1. The minimum absolute atomic E-state index is 0.228. The number of hydrogen-bond donors (Lipinski definition) is 0. The Morgan fingerprint density at radius 3 is 2.21 bits per heavy atom. The van der Waals surface area contributed by atoms with Crippen molar-refractivity contribution in [2.75, 3.05) is 0 Å². The molecule has 0 heterocycles. The van der Waals surface area contributed by atoms with Crippen LogP contribution in [0.25, 0.3) is 0 Å². The molecule has 0 spiro atoms. The van der Waals surface area contributed by atoms with Gasteiger partial charge in [0.2, 0.25) is 0 Å². The van der Waals surface area contributed by atoms with Crippen LogP contribution in [0.1, 0.15) is 67.3 Å². The summed E-state index contributed by atoms with van der Waals surface area (Å²) in [6.45, 7) is 11.3. The van der Waals surface area contributed by atoms with Crippen molar-refractivity contribution in [3.05, 3.63) is 68.7 Å². The van der Waals surface area contributed by atoms with E-state index >= 15 is 0 Å². The van der Waals surface area contributed by atoms with Gasteiger partial charge >= 0.3 is 0 Å². The van der Waals surface area contributed by atoms with Gasteiger partial charge in [-0.3, -0.25) is 0 Å². The first-order valence-electron chi connectivity index (χ1n) is 9.26. The van der Waals surface area contributed by atoms with E-state index in [4.69, 9.17) is 0 Å². The van der Waals surface area contributed by atoms with Crippen molar-refractivity contribution in [1.82, 2.24) is 0 Å². The second-order valence-electron chi connectivity index (χ2n) is 7.21. The summed E-state index contributed by atoms with van der Waals surface area (Å²) in [7, 11) is 0. The molecular weight excluding hydrogens is 356 g/mol. The Hall–Kier alpha value is -1.08. The topological polar surface area (TPSA) is 0 Å². The predicted octanol–water partition coefficient (Wildman–Crippen LogP) is 7.46. The summed E-state index contributed by atoms with van der Waals surface area (Å²) in [5, 5.41) is 0. The molecule has 0 aliphatic carbocycles. The first-order chi connectivity index (χ1) is 11.4. The van der Waals surface area contributed by atoms with Crippen LogP contribution < -0.4 is 0 Å². The zero-order valence-corrected chi connectivity index (χ0v) is 17.5. The maximum absolute atomic E-state index is 3.90. The van der Waals surface area contributed by atoms with Crippen molar-refractivity contribution in [3.8, 4) is 0 Å². The van der Waals surface area contributed by atoms with E-state index in [1.165, 1.54) is 58.0 Å². The number of aryl methyl sites for hydroxylation is 2. The van der Waals surface area contributed by atoms with Crippen molar-refractivity contribution in [3.63, 3.8) is 0 Å². The largest absolute Gasteiger partial charge is 0.0654 e. The molecule has 0 N–H and O–H groups in total. The molecule has 0 saturated carbocycles. The smallest absolute Gasteiger partial charge is 0.0242 e. The number of hydrogen-bond acceptors (Lipinski definition) is 0. The summed E-state index contributed by atoms with van der Waals surface area (Å²) in [5.74, 6) is 0. The Balaban J connectivity index is 2.52. The van der Waals surface area contributed by atoms with E-state index in [2.05, 4.69) is 86.9 Å². The van der Waals surface area contributed by atoms with E-state index < -0.39 is 0 Å². The molecule has 2 rings (SSSR count). The Labute approximate surface area is 156 Å². The van der Waals surface area contributed by atoms with Crippen LogP contribution in [0.3, 0.4) is 0 Å². The molecule has 0 aliphatic rings. The minimum Gasteiger partial charge on any atom is -0.0654 e. The van der Waals surface area contributed by atoms with Crippen molar-refractivity contribution in [1.29, 1.82) is 0 Å². The van der Waals surface area contributed by atoms with Gasteiger partial charge in [0.15, 0.2) is 0 Å². The lowest BCUT2D eigenvalue weighted by atomic mass is 9.69. The molecule has 0 aliphatic heterocycles. The fourth-order valence-corrected chi connectivity index (χ4v) is 4.56. The molecule has 0 bridgehead atoms. The van der Waals surface area contributed by atoms with Crippen LogP contribution >= 0.6 is 15.9 Å². The molecule has 0 amide bonds. The van der Waals surface area contributed by atoms with Gasteiger partial charge in [-0.15, -0.1) is 0 Å². The molecule has 24 heavy (non-hydrogen) atoms. The van der Waals surface area contributed by atoms with Crippen LogP contribution in [0.2, 0.25) is 0 Å². The molecule has 2 aromatic rings. The Morgan fingerprint density at radius 2 is 1.62 bits per heavy atom. The first-order valence-corrected chi connectivity index (χ1v) is 10.0. The van der Waals surface area contributed by atoms with Crippen molar-refractivity contribution in [2.45, 2.75) is 72.1 Å². The van der Waals surface area contributed by atoms with E-state index in [9.17, 15) is 0 Å². The van der Waals surface area contributed by atoms with Crippen LogP contribution in [-0.2, 0) is 11.8 Å². The van der Waals surface area contributed by atoms with Gasteiger partial charge in [-0.1, -0.05) is 79.0 Å². The summed E-state index contributed by atoms with van der Waals surface area (Å²) in [5.41, 5.74) is 7.37. The lowest BCUT2D eigenvalue weighted by Gasteiger charge is -2.35. The highest BCUT2D eigenvalue weighted by Crippen LogP contribution is 2.40. The lowest BCUT2D eigenvalue weighted by Crippen LogP contribution is -2.29. The number of halogens is 1. The molecule has 130 valence electrons. The zero-order valence-electron chi connectivity index (χ0n) is 15.9. The monoisotopic (exact) mass is 386 g/mol. The summed E-state index contributed by atoms with van der Waals surface area (Å²) < 4.78 is 1.31. The third-order valence-corrected chi connectivity index (χ3v) is 6.76. The maximum Gasteiger partial charge on any atom is 0.0242 e. The van der Waals surface area contributed by atoms with Crippen LogP contribution in [-0.4, -0.2) is 0 Å². The fraction of sp³-hybridized carbons (Fsp3) is 0.478. The second-order valence-corrected chi connectivity index (χ2v) is 8.00. The van der Waals surface area contributed by atoms with Crippen LogP contribution in [0.15, 0.2) is 40.9 Å². The zero-order chi connectivity index (χ0) is 17.7. The quantitative estimate of drug-likeness (QED) is 0.463. The average Bonchev–Trinajstić information content (AvgIpc) is 2.60. The Morgan fingerprint density at radius 1 is 0.958 bits per heavy atom. The number of benzene rings is 2. The van der Waals surface area contributed by atoms with Crippen LogP contribution in [0.5, 0.6) is 0 Å². The van der Waals surface area contributed by atoms with Crippen molar-refractivity contribution in [2.24, 2.45) is 0 Å². The molecule has 1 heteroatoms. The van der Waals surface area contributed by atoms with Crippen LogP contribution in [0, 0.1) is 20.8 Å². The van der Waals surface area contributed by atoms with Gasteiger partial charge in [0.05, 0.1) is 0 Å². The van der Waals surface area contributed by atoms with Gasteiger partial charge in [0.25, 0.3) is 0 Å². The first kappa shape index (κ1) is 19.2. The van der Waals surface area contributed by atoms with Crippen molar-refractivity contribution < 1.29 is 0 Å². The molecule has 1 atom stereocenters. The molecule has 0 aromatic heterocycles. The van der Waals surface area contributed by atoms with E-state index in [1.807, 2.05) is 0 Å². The molecule has 1 unspecified atom stereocenters. The van der Waals surface area contributed by atoms with E-state index in [0.717, 1.165) is 6.42 Å². The third kappa shape index (κ3) is 3.94. The standard InChI is InChI=1S/C23H31Br/c1-6-8-14-23(7-2,20-12-10-9-11-13-20)16-21-18(4)15-17(3)19(5)22(21)24/h9-13,15H,6-8,14,16H2,1-5H3. The maximum atomic E-state index is 3.90. The molecule has 2 aromatic carbocycles. The van der Waals surface area contributed by atoms with Gasteiger partial charge in [0, 0.05) is 4.47 Å². The Kier molecular flexibility index (Phi) is 6.69. The Bertz CT molecular complexity index is 672. The molecule has 0 nitrogen and oxygen atoms in total.